The number of hydrogen-bond donors (Lipinski definition) is 2. The van der Waals surface area contributed by atoms with E-state index in [1.807, 2.05) is 0 Å². The molecular formula is C17H26N2. The van der Waals surface area contributed by atoms with Gasteiger partial charge in [0.1, 0.15) is 0 Å². The van der Waals surface area contributed by atoms with Crippen molar-refractivity contribution in [1.29, 1.82) is 0 Å². The van der Waals surface area contributed by atoms with Crippen LogP contribution >= 0.6 is 0 Å². The van der Waals surface area contributed by atoms with Gasteiger partial charge >= 0.3 is 0 Å². The molecule has 1 atom stereocenters. The lowest BCUT2D eigenvalue weighted by Gasteiger charge is -2.20. The maximum Gasteiger partial charge on any atom is 0.0497 e. The molecular weight excluding hydrogens is 232 g/mol. The van der Waals surface area contributed by atoms with Gasteiger partial charge in [-0.15, -0.1) is 0 Å². The van der Waals surface area contributed by atoms with Crippen LogP contribution in [0.2, 0.25) is 0 Å². The van der Waals surface area contributed by atoms with Crippen LogP contribution < -0.4 is 11.3 Å². The van der Waals surface area contributed by atoms with Gasteiger partial charge in [-0.2, -0.15) is 0 Å². The Labute approximate surface area is 117 Å². The fourth-order valence-electron chi connectivity index (χ4n) is 2.83. The molecule has 1 aliphatic carbocycles. The van der Waals surface area contributed by atoms with Crippen molar-refractivity contribution in [2.24, 2.45) is 5.84 Å². The van der Waals surface area contributed by atoms with E-state index in [4.69, 9.17) is 5.84 Å². The number of aryl methyl sites for hydroxylation is 1. The summed E-state index contributed by atoms with van der Waals surface area (Å²) >= 11 is 0. The van der Waals surface area contributed by atoms with Crippen LogP contribution in [0.3, 0.4) is 0 Å². The van der Waals surface area contributed by atoms with Crippen LogP contribution in [-0.2, 0) is 6.42 Å². The van der Waals surface area contributed by atoms with Crippen molar-refractivity contribution in [2.45, 2.75) is 57.9 Å². The van der Waals surface area contributed by atoms with Gasteiger partial charge in [-0.3, -0.25) is 11.3 Å². The minimum absolute atomic E-state index is 0.250. The number of nitrogens with one attached hydrogen (secondary N) is 1. The predicted molar refractivity (Wildman–Crippen MR) is 81.7 cm³/mol. The Bertz CT molecular complexity index is 406. The highest BCUT2D eigenvalue weighted by atomic mass is 15.2. The molecule has 0 spiro atoms. The van der Waals surface area contributed by atoms with E-state index in [-0.39, 0.29) is 6.04 Å². The third kappa shape index (κ3) is 4.19. The van der Waals surface area contributed by atoms with Crippen LogP contribution in [0.4, 0.5) is 0 Å². The lowest BCUT2D eigenvalue weighted by Crippen LogP contribution is -2.28. The minimum Gasteiger partial charge on any atom is -0.271 e. The van der Waals surface area contributed by atoms with Crippen LogP contribution in [-0.4, -0.2) is 0 Å². The van der Waals surface area contributed by atoms with Crippen molar-refractivity contribution in [1.82, 2.24) is 5.43 Å². The van der Waals surface area contributed by atoms with Crippen molar-refractivity contribution in [3.05, 3.63) is 47.0 Å². The van der Waals surface area contributed by atoms with Gasteiger partial charge in [-0.25, -0.2) is 0 Å². The largest absolute Gasteiger partial charge is 0.271 e. The molecule has 0 aromatic heterocycles. The molecule has 0 aliphatic heterocycles. The minimum atomic E-state index is 0.250. The quantitative estimate of drug-likeness (QED) is 0.459. The summed E-state index contributed by atoms with van der Waals surface area (Å²) in [5.41, 5.74) is 7.25. The van der Waals surface area contributed by atoms with Crippen LogP contribution in [0, 0.1) is 0 Å². The molecule has 19 heavy (non-hydrogen) atoms. The van der Waals surface area contributed by atoms with Gasteiger partial charge in [0.15, 0.2) is 0 Å². The van der Waals surface area contributed by atoms with Gasteiger partial charge in [0.2, 0.25) is 0 Å². The highest BCUT2D eigenvalue weighted by molar-refractivity contribution is 5.26. The van der Waals surface area contributed by atoms with Crippen LogP contribution in [0.5, 0.6) is 0 Å². The van der Waals surface area contributed by atoms with Crippen LogP contribution in [0.25, 0.3) is 0 Å². The Morgan fingerprint density at radius 1 is 1.21 bits per heavy atom. The zero-order valence-corrected chi connectivity index (χ0v) is 12.0. The van der Waals surface area contributed by atoms with Crippen molar-refractivity contribution in [3.63, 3.8) is 0 Å². The first kappa shape index (κ1) is 14.3. The Morgan fingerprint density at radius 2 is 2.00 bits per heavy atom. The Hall–Kier alpha value is -1.12. The number of hydrazine groups is 1. The van der Waals surface area contributed by atoms with Gasteiger partial charge in [0.05, 0.1) is 0 Å². The van der Waals surface area contributed by atoms with Crippen LogP contribution in [0.1, 0.15) is 62.6 Å². The molecule has 0 heterocycles. The normalized spacial score (nSPS) is 17.1. The van der Waals surface area contributed by atoms with Crippen LogP contribution in [0.15, 0.2) is 35.9 Å². The first-order valence-corrected chi connectivity index (χ1v) is 7.56. The van der Waals surface area contributed by atoms with E-state index < -0.39 is 0 Å². The topological polar surface area (TPSA) is 38.0 Å². The second-order valence-electron chi connectivity index (χ2n) is 5.52. The van der Waals surface area contributed by atoms with Crippen molar-refractivity contribution >= 4 is 0 Å². The van der Waals surface area contributed by atoms with Gasteiger partial charge in [0.25, 0.3) is 0 Å². The summed E-state index contributed by atoms with van der Waals surface area (Å²) in [6.07, 6.45) is 11.0. The molecule has 0 bridgehead atoms. The molecule has 0 fully saturated rings. The number of rotatable bonds is 6. The summed E-state index contributed by atoms with van der Waals surface area (Å²) in [4.78, 5) is 0. The van der Waals surface area contributed by atoms with E-state index >= 15 is 0 Å². The maximum absolute atomic E-state index is 5.74. The second kappa shape index (κ2) is 7.46. The fourth-order valence-corrected chi connectivity index (χ4v) is 2.83. The highest BCUT2D eigenvalue weighted by Crippen LogP contribution is 2.27. The zero-order valence-electron chi connectivity index (χ0n) is 12.0. The van der Waals surface area contributed by atoms with Gasteiger partial charge in [-0.05, 0) is 49.7 Å². The second-order valence-corrected chi connectivity index (χ2v) is 5.52. The third-order valence-electron chi connectivity index (χ3n) is 3.97. The van der Waals surface area contributed by atoms with Gasteiger partial charge in [-0.1, -0.05) is 49.3 Å². The summed E-state index contributed by atoms with van der Waals surface area (Å²) in [5.74, 6) is 5.74. The molecule has 1 aromatic carbocycles. The number of hydrogen-bond acceptors (Lipinski definition) is 2. The lowest BCUT2D eigenvalue weighted by atomic mass is 9.91. The SMILES string of the molecule is CCCc1ccc(C(CC2=CCCCC2)NN)cc1. The van der Waals surface area contributed by atoms with Crippen molar-refractivity contribution in [2.75, 3.05) is 0 Å². The van der Waals surface area contributed by atoms with E-state index in [1.54, 1.807) is 5.57 Å². The first-order chi connectivity index (χ1) is 9.33. The number of nitrogens with two attached hydrogens (primary N) is 1. The zero-order chi connectivity index (χ0) is 13.5. The smallest absolute Gasteiger partial charge is 0.0497 e. The third-order valence-corrected chi connectivity index (χ3v) is 3.97. The molecule has 0 radical (unpaired) electrons. The van der Waals surface area contributed by atoms with Crippen molar-refractivity contribution < 1.29 is 0 Å². The first-order valence-electron chi connectivity index (χ1n) is 7.56. The monoisotopic (exact) mass is 258 g/mol. The van der Waals surface area contributed by atoms with E-state index in [9.17, 15) is 0 Å². The molecule has 1 unspecified atom stereocenters. The molecule has 1 aromatic rings. The van der Waals surface area contributed by atoms with Gasteiger partial charge < -0.3 is 0 Å². The average Bonchev–Trinajstić information content (AvgIpc) is 2.47. The molecule has 104 valence electrons. The summed E-state index contributed by atoms with van der Waals surface area (Å²) in [5, 5.41) is 0. The number of benzene rings is 1. The fraction of sp³-hybridized carbons (Fsp3) is 0.529. The molecule has 3 N–H and O–H groups in total. The van der Waals surface area contributed by atoms with E-state index in [0.29, 0.717) is 0 Å². The van der Waals surface area contributed by atoms with Gasteiger partial charge in [0, 0.05) is 6.04 Å². The summed E-state index contributed by atoms with van der Waals surface area (Å²) < 4.78 is 0. The number of allylic oxidation sites excluding steroid dienone is 1. The lowest BCUT2D eigenvalue weighted by molar-refractivity contribution is 0.528. The molecule has 0 saturated heterocycles. The summed E-state index contributed by atoms with van der Waals surface area (Å²) in [7, 11) is 0. The summed E-state index contributed by atoms with van der Waals surface area (Å²) in [6.45, 7) is 2.22. The average molecular weight is 258 g/mol. The molecule has 0 amide bonds. The molecule has 2 rings (SSSR count). The highest BCUT2D eigenvalue weighted by Gasteiger charge is 2.13. The Kier molecular flexibility index (Phi) is 5.62. The molecule has 0 saturated carbocycles. The van der Waals surface area contributed by atoms with E-state index in [0.717, 1.165) is 12.8 Å². The van der Waals surface area contributed by atoms with E-state index in [1.165, 1.54) is 43.2 Å². The van der Waals surface area contributed by atoms with Crippen molar-refractivity contribution in [3.8, 4) is 0 Å². The molecule has 2 heteroatoms. The molecule has 2 nitrogen and oxygen atoms in total. The maximum atomic E-state index is 5.74. The van der Waals surface area contributed by atoms with E-state index in [2.05, 4.69) is 42.7 Å². The Balaban J connectivity index is 2.01. The molecule has 1 aliphatic rings. The Morgan fingerprint density at radius 3 is 2.58 bits per heavy atom. The predicted octanol–water partition coefficient (Wildman–Crippen LogP) is 4.03. The standard InChI is InChI=1S/C17H26N2/c1-2-6-14-9-11-16(12-10-14)17(19-18)13-15-7-4-3-5-8-15/h7,9-12,17,19H,2-6,8,13,18H2,1H3. The summed E-state index contributed by atoms with van der Waals surface area (Å²) in [6, 6.07) is 9.16.